The van der Waals surface area contributed by atoms with E-state index in [0.717, 1.165) is 23.5 Å². The van der Waals surface area contributed by atoms with Gasteiger partial charge in [0.2, 0.25) is 0 Å². The van der Waals surface area contributed by atoms with Crippen LogP contribution in [0.1, 0.15) is 6.92 Å². The topological polar surface area (TPSA) is 26.3 Å². The number of benzene rings is 2. The first kappa shape index (κ1) is 15.9. The predicted molar refractivity (Wildman–Crippen MR) is 85.1 cm³/mol. The average Bonchev–Trinajstić information content (AvgIpc) is 2.49. The zero-order valence-corrected chi connectivity index (χ0v) is 13.1. The minimum absolute atomic E-state index is 0.148. The average molecular weight is 322 g/mol. The van der Waals surface area contributed by atoms with E-state index in [-0.39, 0.29) is 6.61 Å². The monoisotopic (exact) mass is 322 g/mol. The molecule has 110 valence electrons. The van der Waals surface area contributed by atoms with E-state index >= 15 is 4.39 Å². The molecule has 0 N–H and O–H groups in total. The number of hydrogen-bond acceptors (Lipinski definition) is 4. The second kappa shape index (κ2) is 7.52. The molecule has 2 aromatic rings. The van der Waals surface area contributed by atoms with Crippen molar-refractivity contribution >= 4 is 29.5 Å². The largest absolute Gasteiger partial charge is 0.462 e. The van der Waals surface area contributed by atoms with E-state index in [9.17, 15) is 4.79 Å². The number of ether oxygens (including phenoxy) is 1. The zero-order chi connectivity index (χ0) is 15.1. The van der Waals surface area contributed by atoms with E-state index in [1.807, 2.05) is 12.1 Å². The molecular formula is C16H15FO2S2. The lowest BCUT2D eigenvalue weighted by Gasteiger charge is -2.22. The van der Waals surface area contributed by atoms with E-state index in [1.54, 1.807) is 55.5 Å². The van der Waals surface area contributed by atoms with Crippen LogP contribution in [0.4, 0.5) is 4.39 Å². The van der Waals surface area contributed by atoms with Gasteiger partial charge in [-0.3, -0.25) is 0 Å². The van der Waals surface area contributed by atoms with Crippen LogP contribution in [0.25, 0.3) is 0 Å². The van der Waals surface area contributed by atoms with Crippen molar-refractivity contribution in [2.45, 2.75) is 21.0 Å². The van der Waals surface area contributed by atoms with Crippen LogP contribution in [0.3, 0.4) is 0 Å². The summed E-state index contributed by atoms with van der Waals surface area (Å²) < 4.78 is 17.9. The molecule has 0 amide bonds. The van der Waals surface area contributed by atoms with E-state index in [4.69, 9.17) is 4.74 Å². The molecule has 0 unspecified atom stereocenters. The Labute approximate surface area is 132 Å². The lowest BCUT2D eigenvalue weighted by Crippen LogP contribution is -2.28. The maximum absolute atomic E-state index is 15.2. The quantitative estimate of drug-likeness (QED) is 0.435. The molecule has 5 heteroatoms. The van der Waals surface area contributed by atoms with Crippen molar-refractivity contribution in [2.75, 3.05) is 6.61 Å². The third-order valence-corrected chi connectivity index (χ3v) is 4.88. The van der Waals surface area contributed by atoms with Crippen LogP contribution < -0.4 is 0 Å². The Balaban J connectivity index is 2.23. The van der Waals surface area contributed by atoms with Crippen LogP contribution in [0, 0.1) is 0 Å². The summed E-state index contributed by atoms with van der Waals surface area (Å²) in [5.74, 6) is -0.868. The van der Waals surface area contributed by atoms with Crippen LogP contribution in [0.15, 0.2) is 70.5 Å². The van der Waals surface area contributed by atoms with Crippen molar-refractivity contribution in [1.82, 2.24) is 0 Å². The molecule has 0 fully saturated rings. The highest BCUT2D eigenvalue weighted by Crippen LogP contribution is 2.47. The van der Waals surface area contributed by atoms with Gasteiger partial charge >= 0.3 is 10.3 Å². The minimum atomic E-state index is -2.21. The van der Waals surface area contributed by atoms with Crippen molar-refractivity contribution in [2.24, 2.45) is 0 Å². The molecule has 0 saturated heterocycles. The van der Waals surface area contributed by atoms with Gasteiger partial charge in [0.05, 0.1) is 6.61 Å². The van der Waals surface area contributed by atoms with Crippen molar-refractivity contribution in [1.29, 1.82) is 0 Å². The second-order valence-corrected chi connectivity index (χ2v) is 6.82. The Morgan fingerprint density at radius 1 is 1.00 bits per heavy atom. The molecule has 0 aliphatic heterocycles. The Morgan fingerprint density at radius 3 is 1.81 bits per heavy atom. The van der Waals surface area contributed by atoms with Gasteiger partial charge in [-0.1, -0.05) is 59.9 Å². The molecule has 0 aliphatic carbocycles. The molecule has 2 nitrogen and oxygen atoms in total. The first-order valence-corrected chi connectivity index (χ1v) is 8.11. The Morgan fingerprint density at radius 2 is 1.43 bits per heavy atom. The normalized spacial score (nSPS) is 11.1. The van der Waals surface area contributed by atoms with Gasteiger partial charge in [0, 0.05) is 9.79 Å². The van der Waals surface area contributed by atoms with Crippen LogP contribution in [0.5, 0.6) is 0 Å². The summed E-state index contributed by atoms with van der Waals surface area (Å²) in [7, 11) is 0. The Bertz CT molecular complexity index is 534. The Kier molecular flexibility index (Phi) is 5.70. The maximum atomic E-state index is 15.2. The zero-order valence-electron chi connectivity index (χ0n) is 11.5. The first-order chi connectivity index (χ1) is 10.1. The molecule has 0 radical (unpaired) electrons. The fourth-order valence-corrected chi connectivity index (χ4v) is 3.82. The summed E-state index contributed by atoms with van der Waals surface area (Å²) in [4.78, 5) is 13.4. The Hall–Kier alpha value is -1.46. The smallest absolute Gasteiger partial charge is 0.366 e. The van der Waals surface area contributed by atoms with E-state index in [1.165, 1.54) is 0 Å². The molecule has 2 rings (SSSR count). The van der Waals surface area contributed by atoms with Gasteiger partial charge < -0.3 is 4.74 Å². The highest BCUT2D eigenvalue weighted by molar-refractivity contribution is 8.19. The molecule has 2 aromatic carbocycles. The SMILES string of the molecule is CCOC(=O)C(F)(Sc1ccccc1)Sc1ccccc1. The van der Waals surface area contributed by atoms with Gasteiger partial charge in [-0.2, -0.15) is 0 Å². The molecular weight excluding hydrogens is 307 g/mol. The fourth-order valence-electron chi connectivity index (χ4n) is 1.60. The number of hydrogen-bond donors (Lipinski definition) is 0. The molecule has 0 saturated carbocycles. The highest BCUT2D eigenvalue weighted by atomic mass is 32.2. The predicted octanol–water partition coefficient (Wildman–Crippen LogP) is 4.76. The number of carbonyl (C=O) groups is 1. The van der Waals surface area contributed by atoms with Crippen LogP contribution in [-0.4, -0.2) is 16.9 Å². The lowest BCUT2D eigenvalue weighted by molar-refractivity contribution is -0.146. The lowest BCUT2D eigenvalue weighted by atomic mass is 10.4. The molecule has 0 aliphatic rings. The van der Waals surface area contributed by atoms with Crippen LogP contribution in [0.2, 0.25) is 0 Å². The maximum Gasteiger partial charge on any atom is 0.366 e. The third-order valence-electron chi connectivity index (χ3n) is 2.50. The standard InChI is InChI=1S/C16H15FO2S2/c1-2-19-15(18)16(17,20-13-9-5-3-6-10-13)21-14-11-7-4-8-12-14/h3-12H,2H2,1H3. The van der Waals surface area contributed by atoms with Crippen molar-refractivity contribution < 1.29 is 13.9 Å². The molecule has 0 heterocycles. The number of halogens is 1. The first-order valence-electron chi connectivity index (χ1n) is 6.48. The molecule has 0 bridgehead atoms. The summed E-state index contributed by atoms with van der Waals surface area (Å²) in [5.41, 5.74) is 0. The number of alkyl halides is 1. The van der Waals surface area contributed by atoms with Crippen molar-refractivity contribution in [3.8, 4) is 0 Å². The van der Waals surface area contributed by atoms with Gasteiger partial charge in [0.1, 0.15) is 0 Å². The number of esters is 1. The van der Waals surface area contributed by atoms with E-state index in [2.05, 4.69) is 0 Å². The van der Waals surface area contributed by atoms with Gasteiger partial charge in [-0.25, -0.2) is 9.18 Å². The fraction of sp³-hybridized carbons (Fsp3) is 0.188. The number of rotatable bonds is 6. The summed E-state index contributed by atoms with van der Waals surface area (Å²) in [6.07, 6.45) is 0. The molecule has 0 aromatic heterocycles. The summed E-state index contributed by atoms with van der Waals surface area (Å²) >= 11 is 1.71. The number of thioether (sulfide) groups is 2. The number of carbonyl (C=O) groups excluding carboxylic acids is 1. The summed E-state index contributed by atoms with van der Waals surface area (Å²) in [6.45, 7) is 1.81. The second-order valence-electron chi connectivity index (χ2n) is 4.09. The van der Waals surface area contributed by atoms with E-state index in [0.29, 0.717) is 9.79 Å². The van der Waals surface area contributed by atoms with Crippen molar-refractivity contribution in [3.63, 3.8) is 0 Å². The summed E-state index contributed by atoms with van der Waals surface area (Å²) in [6, 6.07) is 18.0. The van der Waals surface area contributed by atoms with Gasteiger partial charge in [0.15, 0.2) is 0 Å². The summed E-state index contributed by atoms with van der Waals surface area (Å²) in [5, 5.41) is 0. The molecule has 21 heavy (non-hydrogen) atoms. The molecule has 0 atom stereocenters. The highest BCUT2D eigenvalue weighted by Gasteiger charge is 2.43. The molecule has 0 spiro atoms. The van der Waals surface area contributed by atoms with Gasteiger partial charge in [-0.05, 0) is 31.2 Å². The van der Waals surface area contributed by atoms with Crippen LogP contribution in [-0.2, 0) is 9.53 Å². The minimum Gasteiger partial charge on any atom is -0.462 e. The van der Waals surface area contributed by atoms with Gasteiger partial charge in [-0.15, -0.1) is 0 Å². The van der Waals surface area contributed by atoms with Crippen LogP contribution >= 0.6 is 23.5 Å². The third kappa shape index (κ3) is 4.51. The van der Waals surface area contributed by atoms with E-state index < -0.39 is 10.3 Å². The van der Waals surface area contributed by atoms with Gasteiger partial charge in [0.25, 0.3) is 0 Å². The van der Waals surface area contributed by atoms with Crippen molar-refractivity contribution in [3.05, 3.63) is 60.7 Å².